The third-order valence-corrected chi connectivity index (χ3v) is 3.58. The molecule has 19 heavy (non-hydrogen) atoms. The number of ether oxygens (including phenoxy) is 1. The lowest BCUT2D eigenvalue weighted by Crippen LogP contribution is -2.18. The summed E-state index contributed by atoms with van der Waals surface area (Å²) in [5.74, 6) is 1.79. The molecule has 0 amide bonds. The van der Waals surface area contributed by atoms with E-state index in [1.165, 1.54) is 30.4 Å². The molecule has 1 aromatic carbocycles. The molecule has 0 aliphatic rings. The Morgan fingerprint density at radius 3 is 2.68 bits per heavy atom. The summed E-state index contributed by atoms with van der Waals surface area (Å²) in [6.07, 6.45) is 4.82. The van der Waals surface area contributed by atoms with Gasteiger partial charge in [-0.2, -0.15) is 0 Å². The van der Waals surface area contributed by atoms with Crippen LogP contribution in [0.15, 0.2) is 18.2 Å². The normalized spacial score (nSPS) is 12.4. The summed E-state index contributed by atoms with van der Waals surface area (Å²) in [5.41, 5.74) is 2.66. The van der Waals surface area contributed by atoms with Crippen LogP contribution < -0.4 is 10.1 Å². The van der Waals surface area contributed by atoms with Crippen LogP contribution in [0.4, 0.5) is 0 Å². The number of hydrogen-bond donors (Lipinski definition) is 1. The Labute approximate surface area is 118 Å². The zero-order chi connectivity index (χ0) is 14.1. The summed E-state index contributed by atoms with van der Waals surface area (Å²) in [7, 11) is 1.76. The molecule has 0 aromatic heterocycles. The smallest absolute Gasteiger partial charge is 0.122 e. The van der Waals surface area contributed by atoms with Crippen LogP contribution in [0.3, 0.4) is 0 Å². The molecule has 2 heteroatoms. The van der Waals surface area contributed by atoms with Crippen LogP contribution in [0.2, 0.25) is 0 Å². The van der Waals surface area contributed by atoms with Gasteiger partial charge in [0.25, 0.3) is 0 Å². The summed E-state index contributed by atoms with van der Waals surface area (Å²) in [4.78, 5) is 0. The van der Waals surface area contributed by atoms with Gasteiger partial charge in [0.15, 0.2) is 0 Å². The monoisotopic (exact) mass is 263 g/mol. The average Bonchev–Trinajstić information content (AvgIpc) is 2.41. The van der Waals surface area contributed by atoms with Gasteiger partial charge in [0.05, 0.1) is 7.11 Å². The fourth-order valence-electron chi connectivity index (χ4n) is 2.30. The number of hydrogen-bond acceptors (Lipinski definition) is 2. The minimum Gasteiger partial charge on any atom is -0.496 e. The number of benzene rings is 1. The molecule has 0 saturated heterocycles. The molecule has 0 aliphatic heterocycles. The van der Waals surface area contributed by atoms with E-state index >= 15 is 0 Å². The Balaban J connectivity index is 2.36. The van der Waals surface area contributed by atoms with E-state index in [2.05, 4.69) is 44.3 Å². The molecule has 0 radical (unpaired) electrons. The minimum atomic E-state index is 0.759. The summed E-state index contributed by atoms with van der Waals surface area (Å²) in [6, 6.07) is 6.44. The third kappa shape index (κ3) is 6.11. The Kier molecular flexibility index (Phi) is 7.57. The third-order valence-electron chi connectivity index (χ3n) is 3.58. The maximum absolute atomic E-state index is 5.43. The van der Waals surface area contributed by atoms with Crippen molar-refractivity contribution in [2.75, 3.05) is 20.2 Å². The summed E-state index contributed by atoms with van der Waals surface area (Å²) >= 11 is 0. The van der Waals surface area contributed by atoms with E-state index in [0.29, 0.717) is 0 Å². The number of aryl methyl sites for hydroxylation is 2. The van der Waals surface area contributed by atoms with E-state index in [4.69, 9.17) is 4.74 Å². The first-order valence-corrected chi connectivity index (χ1v) is 7.51. The van der Waals surface area contributed by atoms with Crippen molar-refractivity contribution in [2.45, 2.75) is 46.5 Å². The Bertz CT molecular complexity index is 362. The lowest BCUT2D eigenvalue weighted by atomic mass is 9.97. The molecule has 0 bridgehead atoms. The van der Waals surface area contributed by atoms with Gasteiger partial charge in [-0.25, -0.2) is 0 Å². The van der Waals surface area contributed by atoms with Crippen molar-refractivity contribution in [3.8, 4) is 5.75 Å². The lowest BCUT2D eigenvalue weighted by molar-refractivity contribution is 0.404. The fraction of sp³-hybridized carbons (Fsp3) is 0.647. The topological polar surface area (TPSA) is 21.3 Å². The molecular formula is C17H29NO. The van der Waals surface area contributed by atoms with Crippen LogP contribution in [0.1, 0.15) is 44.2 Å². The molecule has 108 valence electrons. The molecule has 0 heterocycles. The highest BCUT2D eigenvalue weighted by atomic mass is 16.5. The van der Waals surface area contributed by atoms with Crippen molar-refractivity contribution in [3.05, 3.63) is 29.3 Å². The molecular weight excluding hydrogens is 234 g/mol. The van der Waals surface area contributed by atoms with Crippen molar-refractivity contribution in [2.24, 2.45) is 5.92 Å². The number of methoxy groups -OCH3 is 1. The first-order valence-electron chi connectivity index (χ1n) is 7.51. The lowest BCUT2D eigenvalue weighted by Gasteiger charge is -2.14. The highest BCUT2D eigenvalue weighted by Crippen LogP contribution is 2.23. The molecule has 0 spiro atoms. The quantitative estimate of drug-likeness (QED) is 0.681. The van der Waals surface area contributed by atoms with Gasteiger partial charge in [0, 0.05) is 0 Å². The van der Waals surface area contributed by atoms with Crippen molar-refractivity contribution < 1.29 is 4.74 Å². The van der Waals surface area contributed by atoms with E-state index in [9.17, 15) is 0 Å². The van der Waals surface area contributed by atoms with Gasteiger partial charge >= 0.3 is 0 Å². The number of nitrogens with one attached hydrogen (secondary N) is 1. The van der Waals surface area contributed by atoms with Gasteiger partial charge in [-0.05, 0) is 63.2 Å². The van der Waals surface area contributed by atoms with Crippen molar-refractivity contribution in [3.63, 3.8) is 0 Å². The number of rotatable bonds is 9. The van der Waals surface area contributed by atoms with Crippen LogP contribution >= 0.6 is 0 Å². The molecule has 1 atom stereocenters. The Hall–Kier alpha value is -1.02. The van der Waals surface area contributed by atoms with E-state index in [1.54, 1.807) is 7.11 Å². The van der Waals surface area contributed by atoms with Crippen LogP contribution in [0.25, 0.3) is 0 Å². The SMILES string of the molecule is CCCNCCC(C)CCc1cc(C)ccc1OC. The maximum atomic E-state index is 5.43. The van der Waals surface area contributed by atoms with E-state index < -0.39 is 0 Å². The Morgan fingerprint density at radius 1 is 1.21 bits per heavy atom. The largest absolute Gasteiger partial charge is 0.496 e. The standard InChI is InChI=1S/C17H29NO/c1-5-11-18-12-10-14(2)6-8-16-13-15(3)7-9-17(16)19-4/h7,9,13-14,18H,5-6,8,10-12H2,1-4H3. The highest BCUT2D eigenvalue weighted by molar-refractivity contribution is 5.36. The molecule has 2 nitrogen and oxygen atoms in total. The molecule has 0 fully saturated rings. The second-order valence-corrected chi connectivity index (χ2v) is 5.50. The van der Waals surface area contributed by atoms with Gasteiger partial charge in [-0.15, -0.1) is 0 Å². The fourth-order valence-corrected chi connectivity index (χ4v) is 2.30. The average molecular weight is 263 g/mol. The second kappa shape index (κ2) is 8.98. The maximum Gasteiger partial charge on any atom is 0.122 e. The van der Waals surface area contributed by atoms with E-state index in [0.717, 1.165) is 31.2 Å². The van der Waals surface area contributed by atoms with Gasteiger partial charge in [0.2, 0.25) is 0 Å². The predicted molar refractivity (Wildman–Crippen MR) is 83.0 cm³/mol. The van der Waals surface area contributed by atoms with Crippen molar-refractivity contribution >= 4 is 0 Å². The summed E-state index contributed by atoms with van der Waals surface area (Å²) < 4.78 is 5.43. The highest BCUT2D eigenvalue weighted by Gasteiger charge is 2.07. The summed E-state index contributed by atoms with van der Waals surface area (Å²) in [6.45, 7) is 8.97. The Morgan fingerprint density at radius 2 is 2.00 bits per heavy atom. The molecule has 1 unspecified atom stereocenters. The van der Waals surface area contributed by atoms with Crippen LogP contribution in [0, 0.1) is 12.8 Å². The zero-order valence-electron chi connectivity index (χ0n) is 13.0. The minimum absolute atomic E-state index is 0.759. The van der Waals surface area contributed by atoms with E-state index in [1.807, 2.05) is 0 Å². The van der Waals surface area contributed by atoms with Gasteiger partial charge in [0.1, 0.15) is 5.75 Å². The molecule has 1 rings (SSSR count). The van der Waals surface area contributed by atoms with Crippen molar-refractivity contribution in [1.82, 2.24) is 5.32 Å². The first-order chi connectivity index (χ1) is 9.17. The predicted octanol–water partition coefficient (Wildman–Crippen LogP) is 3.96. The van der Waals surface area contributed by atoms with Gasteiger partial charge in [-0.1, -0.05) is 31.5 Å². The van der Waals surface area contributed by atoms with Crippen LogP contribution in [-0.4, -0.2) is 20.2 Å². The van der Waals surface area contributed by atoms with Crippen LogP contribution in [-0.2, 0) is 6.42 Å². The van der Waals surface area contributed by atoms with Gasteiger partial charge in [-0.3, -0.25) is 0 Å². The second-order valence-electron chi connectivity index (χ2n) is 5.50. The van der Waals surface area contributed by atoms with Crippen LogP contribution in [0.5, 0.6) is 5.75 Å². The van der Waals surface area contributed by atoms with Crippen molar-refractivity contribution in [1.29, 1.82) is 0 Å². The first kappa shape index (κ1) is 16.0. The summed E-state index contributed by atoms with van der Waals surface area (Å²) in [5, 5.41) is 3.47. The molecule has 0 aliphatic carbocycles. The molecule has 1 N–H and O–H groups in total. The van der Waals surface area contributed by atoms with Gasteiger partial charge < -0.3 is 10.1 Å². The van der Waals surface area contributed by atoms with E-state index in [-0.39, 0.29) is 0 Å². The zero-order valence-corrected chi connectivity index (χ0v) is 13.0. The molecule has 1 aromatic rings. The molecule has 0 saturated carbocycles.